The number of nitrogens with one attached hydrogen (secondary N) is 1. The fraction of sp³-hybridized carbons (Fsp3) is 0.412. The number of anilines is 2. The van der Waals surface area contributed by atoms with Crippen molar-refractivity contribution in [3.8, 4) is 0 Å². The van der Waals surface area contributed by atoms with Crippen molar-refractivity contribution >= 4 is 29.0 Å². The van der Waals surface area contributed by atoms with Gasteiger partial charge < -0.3 is 19.6 Å². The maximum Gasteiger partial charge on any atom is 0.169 e. The number of halogens is 1. The van der Waals surface area contributed by atoms with E-state index >= 15 is 0 Å². The van der Waals surface area contributed by atoms with Gasteiger partial charge in [-0.3, -0.25) is 0 Å². The van der Waals surface area contributed by atoms with E-state index in [2.05, 4.69) is 20.5 Å². The Bertz CT molecular complexity index is 747. The molecular weight excluding hydrogens is 343 g/mol. The normalized spacial score (nSPS) is 20.3. The molecule has 6 nitrogen and oxygen atoms in total. The molecule has 2 aromatic rings. The topological polar surface area (TPSA) is 62.9 Å². The molecule has 0 bridgehead atoms. The number of thioether (sulfide) groups is 1. The van der Waals surface area contributed by atoms with Crippen molar-refractivity contribution in [2.75, 3.05) is 41.4 Å². The molecular formula is C17H19FN4O2S. The van der Waals surface area contributed by atoms with E-state index in [1.165, 1.54) is 6.26 Å². The van der Waals surface area contributed by atoms with Gasteiger partial charge in [0, 0.05) is 42.6 Å². The van der Waals surface area contributed by atoms with Crippen molar-refractivity contribution in [3.05, 3.63) is 41.9 Å². The van der Waals surface area contributed by atoms with E-state index in [0.29, 0.717) is 24.5 Å². The summed E-state index contributed by atoms with van der Waals surface area (Å²) in [5.41, 5.74) is 2.22. The molecule has 1 fully saturated rings. The van der Waals surface area contributed by atoms with Crippen LogP contribution in [0.15, 0.2) is 40.2 Å². The van der Waals surface area contributed by atoms with Crippen LogP contribution in [0.1, 0.15) is 12.0 Å². The summed E-state index contributed by atoms with van der Waals surface area (Å²) < 4.78 is 19.3. The second-order valence-electron chi connectivity index (χ2n) is 6.00. The maximum atomic E-state index is 14.5. The van der Waals surface area contributed by atoms with Gasteiger partial charge in [0.2, 0.25) is 0 Å². The molecule has 0 radical (unpaired) electrons. The van der Waals surface area contributed by atoms with Crippen LogP contribution in [0.25, 0.3) is 0 Å². The van der Waals surface area contributed by atoms with Crippen LogP contribution >= 0.6 is 11.8 Å². The van der Waals surface area contributed by atoms with E-state index in [1.807, 2.05) is 23.9 Å². The van der Waals surface area contributed by atoms with E-state index in [9.17, 15) is 4.39 Å². The molecule has 4 rings (SSSR count). The van der Waals surface area contributed by atoms with E-state index in [1.54, 1.807) is 12.1 Å². The van der Waals surface area contributed by atoms with Crippen molar-refractivity contribution in [1.82, 2.24) is 5.16 Å². The van der Waals surface area contributed by atoms with Crippen LogP contribution in [0.4, 0.5) is 15.9 Å². The van der Waals surface area contributed by atoms with Crippen molar-refractivity contribution in [1.29, 1.82) is 0 Å². The van der Waals surface area contributed by atoms with Crippen LogP contribution in [-0.4, -0.2) is 48.1 Å². The summed E-state index contributed by atoms with van der Waals surface area (Å²) in [6.07, 6.45) is 2.03. The van der Waals surface area contributed by atoms with Gasteiger partial charge in [-0.25, -0.2) is 4.39 Å². The summed E-state index contributed by atoms with van der Waals surface area (Å²) in [7, 11) is 0. The first-order valence-corrected chi connectivity index (χ1v) is 9.44. The third-order valence-corrected chi connectivity index (χ3v) is 5.26. The largest absolute Gasteiger partial charge is 0.390 e. The van der Waals surface area contributed by atoms with Gasteiger partial charge in [-0.2, -0.15) is 11.8 Å². The van der Waals surface area contributed by atoms with Crippen LogP contribution in [0, 0.1) is 5.82 Å². The zero-order valence-electron chi connectivity index (χ0n) is 13.7. The molecule has 132 valence electrons. The summed E-state index contributed by atoms with van der Waals surface area (Å²) in [4.78, 5) is 7.54. The molecule has 0 unspecified atom stereocenters. The molecule has 0 amide bonds. The van der Waals surface area contributed by atoms with E-state index in [-0.39, 0.29) is 11.9 Å². The summed E-state index contributed by atoms with van der Waals surface area (Å²) in [6, 6.07) is 7.08. The molecule has 1 N–H and O–H groups in total. The first-order valence-electron chi connectivity index (χ1n) is 8.29. The number of rotatable bonds is 5. The lowest BCUT2D eigenvalue weighted by atomic mass is 10.0. The SMILES string of the molecule is Fc1cc(C2=NO[C@H](CNc3ccon3)C2)ccc1N1CCSCC1. The monoisotopic (exact) mass is 362 g/mol. The maximum absolute atomic E-state index is 14.5. The molecule has 1 aromatic heterocycles. The van der Waals surface area contributed by atoms with Crippen LogP contribution < -0.4 is 10.2 Å². The predicted molar refractivity (Wildman–Crippen MR) is 97.0 cm³/mol. The van der Waals surface area contributed by atoms with Crippen LogP contribution in [0.5, 0.6) is 0 Å². The van der Waals surface area contributed by atoms with Crippen molar-refractivity contribution in [2.24, 2.45) is 5.16 Å². The summed E-state index contributed by atoms with van der Waals surface area (Å²) in [6.45, 7) is 2.34. The highest BCUT2D eigenvalue weighted by molar-refractivity contribution is 7.99. The Morgan fingerprint density at radius 1 is 1.28 bits per heavy atom. The Balaban J connectivity index is 1.38. The van der Waals surface area contributed by atoms with E-state index in [0.717, 1.165) is 35.9 Å². The smallest absolute Gasteiger partial charge is 0.169 e. The minimum Gasteiger partial charge on any atom is -0.390 e. The van der Waals surface area contributed by atoms with Gasteiger partial charge in [-0.15, -0.1) is 0 Å². The third kappa shape index (κ3) is 3.73. The minimum atomic E-state index is -0.198. The Morgan fingerprint density at radius 2 is 2.16 bits per heavy atom. The van der Waals surface area contributed by atoms with Crippen molar-refractivity contribution in [3.63, 3.8) is 0 Å². The van der Waals surface area contributed by atoms with Gasteiger partial charge in [0.15, 0.2) is 5.82 Å². The molecule has 2 aliphatic heterocycles. The zero-order valence-corrected chi connectivity index (χ0v) is 14.5. The highest BCUT2D eigenvalue weighted by Gasteiger charge is 2.24. The molecule has 0 spiro atoms. The Labute approximate surface area is 149 Å². The summed E-state index contributed by atoms with van der Waals surface area (Å²) >= 11 is 1.91. The predicted octanol–water partition coefficient (Wildman–Crippen LogP) is 2.97. The minimum absolute atomic E-state index is 0.103. The fourth-order valence-electron chi connectivity index (χ4n) is 2.98. The Morgan fingerprint density at radius 3 is 2.92 bits per heavy atom. The molecule has 2 aliphatic rings. The summed E-state index contributed by atoms with van der Waals surface area (Å²) in [5.74, 6) is 2.55. The molecule has 0 saturated carbocycles. The van der Waals surface area contributed by atoms with Gasteiger partial charge in [-0.05, 0) is 12.1 Å². The lowest BCUT2D eigenvalue weighted by Gasteiger charge is -2.28. The Kier molecular flexibility index (Phi) is 4.78. The fourth-order valence-corrected chi connectivity index (χ4v) is 3.88. The second kappa shape index (κ2) is 7.35. The standard InChI is InChI=1S/C17H19FN4O2S/c18-14-9-12(1-2-16(14)22-4-7-25-8-5-22)15-10-13(24-20-15)11-19-17-3-6-23-21-17/h1-3,6,9,13H,4-5,7-8,10-11H2,(H,19,21)/t13-/m0/s1. The van der Waals surface area contributed by atoms with Crippen LogP contribution in [0.2, 0.25) is 0 Å². The first-order chi connectivity index (χ1) is 12.3. The number of aromatic nitrogens is 1. The van der Waals surface area contributed by atoms with E-state index < -0.39 is 0 Å². The highest BCUT2D eigenvalue weighted by Crippen LogP contribution is 2.26. The van der Waals surface area contributed by atoms with Gasteiger partial charge in [-0.1, -0.05) is 16.4 Å². The van der Waals surface area contributed by atoms with E-state index in [4.69, 9.17) is 9.36 Å². The second-order valence-corrected chi connectivity index (χ2v) is 7.23. The van der Waals surface area contributed by atoms with Gasteiger partial charge in [0.05, 0.1) is 17.9 Å². The molecule has 25 heavy (non-hydrogen) atoms. The van der Waals surface area contributed by atoms with Gasteiger partial charge >= 0.3 is 0 Å². The lowest BCUT2D eigenvalue weighted by molar-refractivity contribution is 0.0948. The van der Waals surface area contributed by atoms with Crippen LogP contribution in [0.3, 0.4) is 0 Å². The number of oxime groups is 1. The van der Waals surface area contributed by atoms with Crippen LogP contribution in [-0.2, 0) is 4.84 Å². The third-order valence-electron chi connectivity index (χ3n) is 4.31. The molecule has 3 heterocycles. The lowest BCUT2D eigenvalue weighted by Crippen LogP contribution is -2.33. The number of nitrogens with zero attached hydrogens (tertiary/aromatic N) is 3. The highest BCUT2D eigenvalue weighted by atomic mass is 32.2. The molecule has 1 atom stereocenters. The number of benzene rings is 1. The quantitative estimate of drug-likeness (QED) is 0.882. The number of hydrogen-bond acceptors (Lipinski definition) is 7. The average Bonchev–Trinajstić information content (AvgIpc) is 3.32. The zero-order chi connectivity index (χ0) is 17.1. The molecule has 1 aromatic carbocycles. The molecule has 8 heteroatoms. The van der Waals surface area contributed by atoms with Gasteiger partial charge in [0.25, 0.3) is 0 Å². The first kappa shape index (κ1) is 16.3. The number of hydrogen-bond donors (Lipinski definition) is 1. The van der Waals surface area contributed by atoms with Crippen molar-refractivity contribution in [2.45, 2.75) is 12.5 Å². The summed E-state index contributed by atoms with van der Waals surface area (Å²) in [5, 5.41) is 11.0. The van der Waals surface area contributed by atoms with Crippen molar-refractivity contribution < 1.29 is 13.8 Å². The van der Waals surface area contributed by atoms with Gasteiger partial charge in [0.1, 0.15) is 18.2 Å². The molecule has 0 aliphatic carbocycles. The average molecular weight is 362 g/mol. The Hall–Kier alpha value is -2.22. The molecule has 1 saturated heterocycles.